The Balaban J connectivity index is 0.00000288. The molecule has 1 aromatic carbocycles. The van der Waals surface area contributed by atoms with Crippen LogP contribution in [0.1, 0.15) is 20.3 Å². The van der Waals surface area contributed by atoms with E-state index in [1.165, 1.54) is 12.1 Å². The lowest BCUT2D eigenvalue weighted by atomic mass is 10.2. The number of ether oxygens (including phenoxy) is 1. The molecular formula is C15H24ClN3O4S. The van der Waals surface area contributed by atoms with Crippen molar-refractivity contribution in [2.75, 3.05) is 25.1 Å². The highest BCUT2D eigenvalue weighted by Gasteiger charge is 2.22. The predicted octanol–water partition coefficient (Wildman–Crippen LogP) is 1.11. The average molecular weight is 378 g/mol. The number of hydrogen-bond acceptors (Lipinski definition) is 5. The minimum absolute atomic E-state index is 0. The lowest BCUT2D eigenvalue weighted by molar-refractivity contribution is -0.120. The summed E-state index contributed by atoms with van der Waals surface area (Å²) in [5.74, 6) is -0.242. The van der Waals surface area contributed by atoms with Crippen LogP contribution in [0, 0.1) is 0 Å². The Kier molecular flexibility index (Phi) is 8.11. The molecule has 2 unspecified atom stereocenters. The van der Waals surface area contributed by atoms with Gasteiger partial charge in [0.1, 0.15) is 6.04 Å². The van der Waals surface area contributed by atoms with Crippen LogP contribution in [0.25, 0.3) is 0 Å². The first-order valence-corrected chi connectivity index (χ1v) is 9.15. The molecule has 1 aliphatic rings. The lowest BCUT2D eigenvalue weighted by Gasteiger charge is -2.23. The number of amides is 1. The number of halogens is 1. The number of morpholine rings is 1. The summed E-state index contributed by atoms with van der Waals surface area (Å²) in [5, 5.41) is 5.77. The van der Waals surface area contributed by atoms with Crippen molar-refractivity contribution in [3.05, 3.63) is 24.3 Å². The third kappa shape index (κ3) is 5.71. The van der Waals surface area contributed by atoms with Crippen molar-refractivity contribution in [2.45, 2.75) is 37.2 Å². The van der Waals surface area contributed by atoms with E-state index in [-0.39, 0.29) is 29.3 Å². The molecule has 0 bridgehead atoms. The average Bonchev–Trinajstić information content (AvgIpc) is 2.55. The second-order valence-corrected chi connectivity index (χ2v) is 7.24. The van der Waals surface area contributed by atoms with Gasteiger partial charge in [0.25, 0.3) is 0 Å². The zero-order chi connectivity index (χ0) is 16.9. The first-order chi connectivity index (χ1) is 10.9. The summed E-state index contributed by atoms with van der Waals surface area (Å²) in [6, 6.07) is 5.63. The third-order valence-electron chi connectivity index (χ3n) is 3.62. The molecule has 3 N–H and O–H groups in total. The van der Waals surface area contributed by atoms with Crippen LogP contribution >= 0.6 is 12.4 Å². The van der Waals surface area contributed by atoms with Gasteiger partial charge < -0.3 is 15.4 Å². The summed E-state index contributed by atoms with van der Waals surface area (Å²) in [6.45, 7) is 5.21. The SMILES string of the molecule is CCC(C)NS(=O)(=O)c1cccc(NC(=O)C2COCCN2)c1.Cl. The summed E-state index contributed by atoms with van der Waals surface area (Å²) in [7, 11) is -3.60. The van der Waals surface area contributed by atoms with Crippen molar-refractivity contribution in [1.29, 1.82) is 0 Å². The van der Waals surface area contributed by atoms with Crippen molar-refractivity contribution < 1.29 is 17.9 Å². The Morgan fingerprint density at radius 1 is 1.46 bits per heavy atom. The molecule has 9 heteroatoms. The Labute approximate surface area is 149 Å². The summed E-state index contributed by atoms with van der Waals surface area (Å²) in [4.78, 5) is 12.3. The number of carbonyl (C=O) groups is 1. The van der Waals surface area contributed by atoms with Gasteiger partial charge >= 0.3 is 0 Å². The summed E-state index contributed by atoms with van der Waals surface area (Å²) >= 11 is 0. The van der Waals surface area contributed by atoms with E-state index in [2.05, 4.69) is 15.4 Å². The Morgan fingerprint density at radius 2 is 2.21 bits per heavy atom. The molecule has 2 rings (SSSR count). The number of rotatable bonds is 6. The molecule has 136 valence electrons. The maximum atomic E-state index is 12.3. The second-order valence-electron chi connectivity index (χ2n) is 5.53. The van der Waals surface area contributed by atoms with Gasteiger partial charge in [0.15, 0.2) is 0 Å². The van der Waals surface area contributed by atoms with Gasteiger partial charge in [0.2, 0.25) is 15.9 Å². The molecule has 24 heavy (non-hydrogen) atoms. The largest absolute Gasteiger partial charge is 0.378 e. The van der Waals surface area contributed by atoms with Gasteiger partial charge in [-0.3, -0.25) is 4.79 Å². The summed E-state index contributed by atoms with van der Waals surface area (Å²) in [5.41, 5.74) is 0.439. The minimum Gasteiger partial charge on any atom is -0.378 e. The zero-order valence-electron chi connectivity index (χ0n) is 13.7. The molecule has 0 aliphatic carbocycles. The van der Waals surface area contributed by atoms with Crippen LogP contribution in [0.15, 0.2) is 29.2 Å². The molecule has 0 radical (unpaired) electrons. The highest BCUT2D eigenvalue weighted by atomic mass is 35.5. The molecule has 1 amide bonds. The van der Waals surface area contributed by atoms with Gasteiger partial charge in [0.05, 0.1) is 18.1 Å². The van der Waals surface area contributed by atoms with Gasteiger partial charge in [0, 0.05) is 18.3 Å². The van der Waals surface area contributed by atoms with Gasteiger partial charge in [-0.2, -0.15) is 0 Å². The minimum atomic E-state index is -3.60. The van der Waals surface area contributed by atoms with E-state index < -0.39 is 16.1 Å². The number of carbonyl (C=O) groups excluding carboxylic acids is 1. The molecule has 7 nitrogen and oxygen atoms in total. The van der Waals surface area contributed by atoms with Crippen LogP contribution in [0.5, 0.6) is 0 Å². The van der Waals surface area contributed by atoms with Crippen LogP contribution in [0.4, 0.5) is 5.69 Å². The molecule has 0 spiro atoms. The number of anilines is 1. The number of hydrogen-bond donors (Lipinski definition) is 3. The molecule has 2 atom stereocenters. The van der Waals surface area contributed by atoms with E-state index in [1.807, 2.05) is 6.92 Å². The maximum absolute atomic E-state index is 12.3. The first kappa shape index (κ1) is 20.9. The van der Waals surface area contributed by atoms with Crippen molar-refractivity contribution >= 4 is 34.0 Å². The molecule has 1 fully saturated rings. The second kappa shape index (κ2) is 9.33. The van der Waals surface area contributed by atoms with E-state index in [0.717, 1.165) is 0 Å². The highest BCUT2D eigenvalue weighted by Crippen LogP contribution is 2.16. The van der Waals surface area contributed by atoms with Crippen molar-refractivity contribution in [2.24, 2.45) is 0 Å². The van der Waals surface area contributed by atoms with Crippen molar-refractivity contribution in [3.8, 4) is 0 Å². The van der Waals surface area contributed by atoms with Crippen molar-refractivity contribution in [1.82, 2.24) is 10.0 Å². The van der Waals surface area contributed by atoms with Gasteiger partial charge in [-0.05, 0) is 31.5 Å². The summed E-state index contributed by atoms with van der Waals surface area (Å²) in [6.07, 6.45) is 0.697. The van der Waals surface area contributed by atoms with E-state index in [1.54, 1.807) is 19.1 Å². The Morgan fingerprint density at radius 3 is 2.83 bits per heavy atom. The summed E-state index contributed by atoms with van der Waals surface area (Å²) < 4.78 is 32.4. The predicted molar refractivity (Wildman–Crippen MR) is 95.0 cm³/mol. The number of nitrogens with one attached hydrogen (secondary N) is 3. The lowest BCUT2D eigenvalue weighted by Crippen LogP contribution is -2.48. The maximum Gasteiger partial charge on any atom is 0.243 e. The van der Waals surface area contributed by atoms with Gasteiger partial charge in [-0.25, -0.2) is 13.1 Å². The van der Waals surface area contributed by atoms with Crippen LogP contribution in [-0.2, 0) is 19.6 Å². The fourth-order valence-electron chi connectivity index (χ4n) is 2.12. The van der Waals surface area contributed by atoms with E-state index in [9.17, 15) is 13.2 Å². The smallest absolute Gasteiger partial charge is 0.243 e. The fourth-order valence-corrected chi connectivity index (χ4v) is 3.49. The van der Waals surface area contributed by atoms with Crippen LogP contribution in [-0.4, -0.2) is 46.2 Å². The van der Waals surface area contributed by atoms with Crippen LogP contribution < -0.4 is 15.4 Å². The normalized spacial score (nSPS) is 19.2. The van der Waals surface area contributed by atoms with Gasteiger partial charge in [-0.1, -0.05) is 13.0 Å². The van der Waals surface area contributed by atoms with E-state index in [0.29, 0.717) is 31.9 Å². The molecule has 0 aromatic heterocycles. The van der Waals surface area contributed by atoms with Gasteiger partial charge in [-0.15, -0.1) is 12.4 Å². The van der Waals surface area contributed by atoms with Crippen LogP contribution in [0.2, 0.25) is 0 Å². The molecule has 1 aliphatic heterocycles. The molecule has 1 heterocycles. The third-order valence-corrected chi connectivity index (χ3v) is 5.21. The highest BCUT2D eigenvalue weighted by molar-refractivity contribution is 7.89. The molecule has 0 saturated carbocycles. The molecule has 1 aromatic rings. The van der Waals surface area contributed by atoms with E-state index >= 15 is 0 Å². The number of sulfonamides is 1. The fraction of sp³-hybridized carbons (Fsp3) is 0.533. The molecular weight excluding hydrogens is 354 g/mol. The van der Waals surface area contributed by atoms with Crippen molar-refractivity contribution in [3.63, 3.8) is 0 Å². The first-order valence-electron chi connectivity index (χ1n) is 7.66. The topological polar surface area (TPSA) is 96.5 Å². The van der Waals surface area contributed by atoms with Crippen LogP contribution in [0.3, 0.4) is 0 Å². The monoisotopic (exact) mass is 377 g/mol. The quantitative estimate of drug-likeness (QED) is 0.690. The Hall–Kier alpha value is -1.19. The Bertz CT molecular complexity index is 648. The van der Waals surface area contributed by atoms with E-state index in [4.69, 9.17) is 4.74 Å². The number of benzene rings is 1. The standard InChI is InChI=1S/C15H23N3O4S.ClH/c1-3-11(2)18-23(20,21)13-6-4-5-12(9-13)17-15(19)14-10-22-8-7-16-14;/h4-6,9,11,14,16,18H,3,7-8,10H2,1-2H3,(H,17,19);1H. The molecule has 1 saturated heterocycles. The zero-order valence-corrected chi connectivity index (χ0v) is 15.4.